The first kappa shape index (κ1) is 15.4. The van der Waals surface area contributed by atoms with E-state index >= 15 is 0 Å². The average Bonchev–Trinajstić information content (AvgIpc) is 2.28. The van der Waals surface area contributed by atoms with E-state index in [1.54, 1.807) is 6.92 Å². The lowest BCUT2D eigenvalue weighted by molar-refractivity contribution is -0.120. The second kappa shape index (κ2) is 7.10. The monoisotopic (exact) mass is 255 g/mol. The van der Waals surface area contributed by atoms with Gasteiger partial charge in [0, 0.05) is 51.7 Å². The lowest BCUT2D eigenvalue weighted by atomic mass is 10.0. The first-order valence-electron chi connectivity index (χ1n) is 7.13. The largest absolute Gasteiger partial charge is 0.352 e. The van der Waals surface area contributed by atoms with Gasteiger partial charge in [-0.05, 0) is 19.8 Å². The van der Waals surface area contributed by atoms with Crippen LogP contribution in [0.2, 0.25) is 0 Å². The molecular weight excluding hydrogens is 226 g/mol. The van der Waals surface area contributed by atoms with Gasteiger partial charge in [0.2, 0.25) is 5.91 Å². The van der Waals surface area contributed by atoms with Crippen molar-refractivity contribution >= 4 is 5.91 Å². The molecule has 1 N–H and O–H groups in total. The van der Waals surface area contributed by atoms with Crippen LogP contribution in [-0.2, 0) is 4.79 Å². The Morgan fingerprint density at radius 3 is 2.06 bits per heavy atom. The molecule has 106 valence electrons. The third kappa shape index (κ3) is 4.94. The zero-order valence-corrected chi connectivity index (χ0v) is 12.6. The Kier molecular flexibility index (Phi) is 6.09. The van der Waals surface area contributed by atoms with Crippen LogP contribution in [0.3, 0.4) is 0 Å². The number of hydrogen-bond acceptors (Lipinski definition) is 3. The van der Waals surface area contributed by atoms with Crippen LogP contribution in [0, 0.1) is 5.92 Å². The Morgan fingerprint density at radius 2 is 1.67 bits per heavy atom. The molecule has 1 rings (SSSR count). The van der Waals surface area contributed by atoms with Crippen LogP contribution in [0.5, 0.6) is 0 Å². The molecule has 1 amide bonds. The highest BCUT2D eigenvalue weighted by molar-refractivity contribution is 5.73. The molecule has 0 saturated carbocycles. The predicted molar refractivity (Wildman–Crippen MR) is 75.6 cm³/mol. The van der Waals surface area contributed by atoms with E-state index in [1.165, 1.54) is 0 Å². The molecule has 18 heavy (non-hydrogen) atoms. The second-order valence-corrected chi connectivity index (χ2v) is 5.98. The Hall–Kier alpha value is -0.610. The summed E-state index contributed by atoms with van der Waals surface area (Å²) in [7, 11) is 0. The molecule has 1 atom stereocenters. The summed E-state index contributed by atoms with van der Waals surface area (Å²) >= 11 is 0. The van der Waals surface area contributed by atoms with E-state index < -0.39 is 0 Å². The van der Waals surface area contributed by atoms with Crippen molar-refractivity contribution in [3.8, 4) is 0 Å². The maximum absolute atomic E-state index is 11.2. The Bertz CT molecular complexity index is 258. The zero-order valence-electron chi connectivity index (χ0n) is 12.6. The van der Waals surface area contributed by atoms with Crippen LogP contribution < -0.4 is 5.32 Å². The highest BCUT2D eigenvalue weighted by Gasteiger charge is 2.23. The minimum absolute atomic E-state index is 0.0783. The molecule has 4 nitrogen and oxygen atoms in total. The molecular formula is C14H29N3O. The van der Waals surface area contributed by atoms with E-state index in [4.69, 9.17) is 0 Å². The number of carbonyl (C=O) groups excluding carboxylic acids is 1. The van der Waals surface area contributed by atoms with Crippen molar-refractivity contribution < 1.29 is 4.79 Å². The van der Waals surface area contributed by atoms with E-state index in [0.29, 0.717) is 12.0 Å². The highest BCUT2D eigenvalue weighted by atomic mass is 16.1. The summed E-state index contributed by atoms with van der Waals surface area (Å²) in [6.45, 7) is 15.9. The molecule has 1 fully saturated rings. The number of amides is 1. The van der Waals surface area contributed by atoms with Gasteiger partial charge < -0.3 is 5.32 Å². The number of nitrogens with one attached hydrogen (secondary N) is 1. The number of nitrogens with zero attached hydrogens (tertiary/aromatic N) is 2. The van der Waals surface area contributed by atoms with Crippen LogP contribution in [0.4, 0.5) is 0 Å². The summed E-state index contributed by atoms with van der Waals surface area (Å²) in [6.07, 6.45) is 0. The number of carbonyl (C=O) groups is 1. The van der Waals surface area contributed by atoms with Gasteiger partial charge in [-0.2, -0.15) is 0 Å². The van der Waals surface area contributed by atoms with Gasteiger partial charge in [0.05, 0.1) is 0 Å². The molecule has 0 unspecified atom stereocenters. The van der Waals surface area contributed by atoms with Crippen LogP contribution in [0.1, 0.15) is 34.6 Å². The molecule has 1 aliphatic heterocycles. The van der Waals surface area contributed by atoms with Crippen molar-refractivity contribution in [1.29, 1.82) is 0 Å². The maximum Gasteiger partial charge on any atom is 0.217 e. The molecule has 0 aliphatic carbocycles. The van der Waals surface area contributed by atoms with Crippen molar-refractivity contribution in [2.75, 3.05) is 32.7 Å². The molecule has 0 aromatic heterocycles. The van der Waals surface area contributed by atoms with Crippen LogP contribution >= 0.6 is 0 Å². The lowest BCUT2D eigenvalue weighted by Crippen LogP contribution is -2.53. The highest BCUT2D eigenvalue weighted by Crippen LogP contribution is 2.09. The van der Waals surface area contributed by atoms with E-state index in [2.05, 4.69) is 42.8 Å². The van der Waals surface area contributed by atoms with Crippen molar-refractivity contribution in [1.82, 2.24) is 15.1 Å². The maximum atomic E-state index is 11.2. The van der Waals surface area contributed by atoms with E-state index in [0.717, 1.165) is 32.7 Å². The fourth-order valence-corrected chi connectivity index (χ4v) is 2.42. The van der Waals surface area contributed by atoms with Gasteiger partial charge in [-0.1, -0.05) is 13.8 Å². The Balaban J connectivity index is 2.40. The molecule has 0 aromatic rings. The lowest BCUT2D eigenvalue weighted by Gasteiger charge is -2.39. The molecule has 0 spiro atoms. The van der Waals surface area contributed by atoms with E-state index in [9.17, 15) is 4.79 Å². The van der Waals surface area contributed by atoms with E-state index in [-0.39, 0.29) is 11.9 Å². The molecule has 0 bridgehead atoms. The van der Waals surface area contributed by atoms with Gasteiger partial charge in [0.15, 0.2) is 0 Å². The molecule has 4 heteroatoms. The van der Waals surface area contributed by atoms with Gasteiger partial charge in [-0.3, -0.25) is 14.6 Å². The van der Waals surface area contributed by atoms with Crippen molar-refractivity contribution in [3.63, 3.8) is 0 Å². The van der Waals surface area contributed by atoms with Crippen molar-refractivity contribution in [2.45, 2.75) is 46.7 Å². The Morgan fingerprint density at radius 1 is 1.11 bits per heavy atom. The number of piperazine rings is 1. The molecule has 0 radical (unpaired) electrons. The van der Waals surface area contributed by atoms with Crippen molar-refractivity contribution in [2.24, 2.45) is 5.92 Å². The Labute approximate surface area is 112 Å². The van der Waals surface area contributed by atoms with Crippen LogP contribution in [0.15, 0.2) is 0 Å². The summed E-state index contributed by atoms with van der Waals surface area (Å²) in [6, 6.07) is 0.913. The minimum atomic E-state index is 0.0783. The van der Waals surface area contributed by atoms with Gasteiger partial charge in [-0.15, -0.1) is 0 Å². The summed E-state index contributed by atoms with van der Waals surface area (Å²) in [5.41, 5.74) is 0. The molecule has 0 aromatic carbocycles. The standard InChI is InChI=1S/C14H29N3O/c1-11(2)14(15-13(5)18)10-16-6-8-17(9-7-16)12(3)4/h11-12,14H,6-10H2,1-5H3,(H,15,18)/t14-/m1/s1. The fraction of sp³-hybridized carbons (Fsp3) is 0.929. The summed E-state index contributed by atoms with van der Waals surface area (Å²) in [4.78, 5) is 16.2. The van der Waals surface area contributed by atoms with Gasteiger partial charge in [-0.25, -0.2) is 0 Å². The summed E-state index contributed by atoms with van der Waals surface area (Å²) in [5.74, 6) is 0.562. The predicted octanol–water partition coefficient (Wildman–Crippen LogP) is 1.17. The third-order valence-corrected chi connectivity index (χ3v) is 3.79. The second-order valence-electron chi connectivity index (χ2n) is 5.98. The number of hydrogen-bond donors (Lipinski definition) is 1. The van der Waals surface area contributed by atoms with E-state index in [1.807, 2.05) is 0 Å². The number of rotatable bonds is 5. The van der Waals surface area contributed by atoms with Crippen molar-refractivity contribution in [3.05, 3.63) is 0 Å². The molecule has 1 aliphatic rings. The summed E-state index contributed by atoms with van der Waals surface area (Å²) in [5, 5.41) is 3.07. The smallest absolute Gasteiger partial charge is 0.217 e. The average molecular weight is 255 g/mol. The van der Waals surface area contributed by atoms with Crippen LogP contribution in [0.25, 0.3) is 0 Å². The molecule has 1 heterocycles. The first-order valence-corrected chi connectivity index (χ1v) is 7.13. The van der Waals surface area contributed by atoms with Gasteiger partial charge >= 0.3 is 0 Å². The quantitative estimate of drug-likeness (QED) is 0.801. The normalized spacial score (nSPS) is 20.4. The fourth-order valence-electron chi connectivity index (χ4n) is 2.42. The topological polar surface area (TPSA) is 35.6 Å². The zero-order chi connectivity index (χ0) is 13.7. The first-order chi connectivity index (χ1) is 8.40. The minimum Gasteiger partial charge on any atom is -0.352 e. The summed E-state index contributed by atoms with van der Waals surface area (Å²) < 4.78 is 0. The van der Waals surface area contributed by atoms with Crippen LogP contribution in [-0.4, -0.2) is 60.5 Å². The van der Waals surface area contributed by atoms with Gasteiger partial charge in [0.25, 0.3) is 0 Å². The SMILES string of the molecule is CC(=O)N[C@H](CN1CCN(C(C)C)CC1)C(C)C. The third-order valence-electron chi connectivity index (χ3n) is 3.79. The van der Waals surface area contributed by atoms with Gasteiger partial charge in [0.1, 0.15) is 0 Å². The molecule has 1 saturated heterocycles.